The summed E-state index contributed by atoms with van der Waals surface area (Å²) in [6, 6.07) is 59.2. The van der Waals surface area contributed by atoms with E-state index >= 15 is 0 Å². The monoisotopic (exact) mass is 638 g/mol. The number of aromatic nitrogens is 4. The fourth-order valence-electron chi connectivity index (χ4n) is 6.71. The van der Waals surface area contributed by atoms with E-state index in [9.17, 15) is 0 Å². The van der Waals surface area contributed by atoms with Gasteiger partial charge in [0, 0.05) is 29.1 Å². The van der Waals surface area contributed by atoms with Gasteiger partial charge in [-0.2, -0.15) is 0 Å². The van der Waals surface area contributed by atoms with E-state index in [0.29, 0.717) is 17.5 Å². The Labute approximate surface area is 290 Å². The Kier molecular flexibility index (Phi) is 7.45. The Morgan fingerprint density at radius 3 is 1.44 bits per heavy atom. The maximum Gasteiger partial charge on any atom is 0.164 e. The second-order valence-corrected chi connectivity index (χ2v) is 12.3. The molecule has 0 radical (unpaired) electrons. The molecule has 0 spiro atoms. The molecular formula is C46H30N4. The molecule has 9 rings (SSSR count). The number of nitrogens with zero attached hydrogens (tertiary/aromatic N) is 4. The number of benzene rings is 7. The van der Waals surface area contributed by atoms with Crippen molar-refractivity contribution in [3.05, 3.63) is 182 Å². The summed E-state index contributed by atoms with van der Waals surface area (Å²) in [4.78, 5) is 19.6. The molecule has 0 bridgehead atoms. The van der Waals surface area contributed by atoms with Crippen LogP contribution in [0.15, 0.2) is 182 Å². The van der Waals surface area contributed by atoms with Gasteiger partial charge in [-0.1, -0.05) is 133 Å². The zero-order valence-corrected chi connectivity index (χ0v) is 27.1. The highest BCUT2D eigenvalue weighted by Crippen LogP contribution is 2.39. The fraction of sp³-hybridized carbons (Fsp3) is 0. The summed E-state index contributed by atoms with van der Waals surface area (Å²) in [5.41, 5.74) is 9.47. The van der Waals surface area contributed by atoms with Crippen molar-refractivity contribution in [2.75, 3.05) is 0 Å². The average Bonchev–Trinajstić information content (AvgIpc) is 3.21. The number of fused-ring (bicyclic) bond motifs is 3. The second kappa shape index (κ2) is 12.7. The maximum atomic E-state index is 5.15. The Bertz CT molecular complexity index is 2620. The van der Waals surface area contributed by atoms with E-state index in [4.69, 9.17) is 15.0 Å². The van der Waals surface area contributed by atoms with Crippen LogP contribution < -0.4 is 0 Å². The van der Waals surface area contributed by atoms with E-state index in [0.717, 1.165) is 44.5 Å². The second-order valence-electron chi connectivity index (χ2n) is 12.3. The third kappa shape index (κ3) is 5.59. The lowest BCUT2D eigenvalue weighted by atomic mass is 9.90. The van der Waals surface area contributed by atoms with Gasteiger partial charge in [0.25, 0.3) is 0 Å². The van der Waals surface area contributed by atoms with Crippen LogP contribution in [0, 0.1) is 0 Å². The first-order chi connectivity index (χ1) is 24.8. The van der Waals surface area contributed by atoms with Crippen LogP contribution in [0.2, 0.25) is 0 Å². The van der Waals surface area contributed by atoms with Crippen LogP contribution in [-0.4, -0.2) is 19.9 Å². The van der Waals surface area contributed by atoms with Crippen molar-refractivity contribution in [3.8, 4) is 67.5 Å². The van der Waals surface area contributed by atoms with Crippen LogP contribution in [0.3, 0.4) is 0 Å². The summed E-state index contributed by atoms with van der Waals surface area (Å²) in [5.74, 6) is 1.87. The SMILES string of the molecule is c1ccc(-c2ccc(-c3nc(-c4ccccc4)nc(-c4cc(-c5ccncc5)cc(-c5cc6ccccc6c6ccccc56)c4)n3)cc2)cc1. The van der Waals surface area contributed by atoms with Crippen molar-refractivity contribution in [2.45, 2.75) is 0 Å². The molecule has 0 N–H and O–H groups in total. The minimum atomic E-state index is 0.614. The lowest BCUT2D eigenvalue weighted by Gasteiger charge is -2.15. The van der Waals surface area contributed by atoms with E-state index < -0.39 is 0 Å². The first-order valence-electron chi connectivity index (χ1n) is 16.7. The standard InChI is InChI=1S/C46H30N4/c1-3-11-31(12-4-1)32-19-21-35(22-20-32)45-48-44(34-13-5-2-6-14-34)49-46(50-45)39-28-37(33-23-25-47-26-24-33)27-38(29-39)43-30-36-15-7-8-16-40(36)41-17-9-10-18-42(41)43/h1-30H. The topological polar surface area (TPSA) is 51.6 Å². The Hall–Kier alpha value is -6.78. The highest BCUT2D eigenvalue weighted by Gasteiger charge is 2.16. The van der Waals surface area contributed by atoms with Gasteiger partial charge in [-0.25, -0.2) is 15.0 Å². The summed E-state index contributed by atoms with van der Waals surface area (Å²) in [5, 5.41) is 4.86. The van der Waals surface area contributed by atoms with Crippen molar-refractivity contribution in [1.82, 2.24) is 19.9 Å². The van der Waals surface area contributed by atoms with Crippen molar-refractivity contribution in [2.24, 2.45) is 0 Å². The fourth-order valence-corrected chi connectivity index (χ4v) is 6.71. The van der Waals surface area contributed by atoms with Crippen molar-refractivity contribution in [3.63, 3.8) is 0 Å². The van der Waals surface area contributed by atoms with E-state index in [1.165, 1.54) is 27.1 Å². The quantitative estimate of drug-likeness (QED) is 0.170. The summed E-state index contributed by atoms with van der Waals surface area (Å²) in [6.07, 6.45) is 3.67. The molecule has 9 aromatic rings. The van der Waals surface area contributed by atoms with Crippen LogP contribution in [0.25, 0.3) is 89.1 Å². The van der Waals surface area contributed by atoms with E-state index in [-0.39, 0.29) is 0 Å². The third-order valence-electron chi connectivity index (χ3n) is 9.20. The maximum absolute atomic E-state index is 5.15. The first-order valence-corrected chi connectivity index (χ1v) is 16.7. The van der Waals surface area contributed by atoms with Crippen molar-refractivity contribution in [1.29, 1.82) is 0 Å². The zero-order valence-electron chi connectivity index (χ0n) is 27.1. The minimum absolute atomic E-state index is 0.614. The summed E-state index contributed by atoms with van der Waals surface area (Å²) in [7, 11) is 0. The predicted molar refractivity (Wildman–Crippen MR) is 205 cm³/mol. The van der Waals surface area contributed by atoms with Crippen LogP contribution in [-0.2, 0) is 0 Å². The van der Waals surface area contributed by atoms with E-state index in [1.807, 2.05) is 60.9 Å². The van der Waals surface area contributed by atoms with Crippen molar-refractivity contribution < 1.29 is 0 Å². The van der Waals surface area contributed by atoms with Gasteiger partial charge in [0.2, 0.25) is 0 Å². The first kappa shape index (κ1) is 29.4. The predicted octanol–water partition coefficient (Wildman–Crippen LogP) is 11.6. The Morgan fingerprint density at radius 2 is 0.740 bits per heavy atom. The molecule has 0 aliphatic carbocycles. The lowest BCUT2D eigenvalue weighted by molar-refractivity contribution is 1.07. The summed E-state index contributed by atoms with van der Waals surface area (Å²) < 4.78 is 0. The van der Waals surface area contributed by atoms with Crippen LogP contribution in [0.5, 0.6) is 0 Å². The zero-order chi connectivity index (χ0) is 33.3. The number of pyridine rings is 1. The van der Waals surface area contributed by atoms with Gasteiger partial charge in [-0.15, -0.1) is 0 Å². The lowest BCUT2D eigenvalue weighted by Crippen LogP contribution is -2.00. The molecule has 0 aliphatic rings. The Morgan fingerprint density at radius 1 is 0.280 bits per heavy atom. The molecule has 4 nitrogen and oxygen atoms in total. The van der Waals surface area contributed by atoms with Gasteiger partial charge in [0.15, 0.2) is 17.5 Å². The van der Waals surface area contributed by atoms with Crippen LogP contribution in [0.4, 0.5) is 0 Å². The highest BCUT2D eigenvalue weighted by molar-refractivity contribution is 6.14. The van der Waals surface area contributed by atoms with Gasteiger partial charge < -0.3 is 0 Å². The van der Waals surface area contributed by atoms with Crippen LogP contribution >= 0.6 is 0 Å². The minimum Gasteiger partial charge on any atom is -0.265 e. The van der Waals surface area contributed by atoms with Gasteiger partial charge in [-0.3, -0.25) is 4.98 Å². The van der Waals surface area contributed by atoms with E-state index in [2.05, 4.69) is 126 Å². The van der Waals surface area contributed by atoms with E-state index in [1.54, 1.807) is 0 Å². The summed E-state index contributed by atoms with van der Waals surface area (Å²) >= 11 is 0. The molecule has 234 valence electrons. The van der Waals surface area contributed by atoms with Gasteiger partial charge >= 0.3 is 0 Å². The van der Waals surface area contributed by atoms with Crippen molar-refractivity contribution >= 4 is 21.5 Å². The molecule has 0 fully saturated rings. The third-order valence-corrected chi connectivity index (χ3v) is 9.20. The largest absolute Gasteiger partial charge is 0.265 e. The van der Waals surface area contributed by atoms with Gasteiger partial charge in [0.1, 0.15) is 0 Å². The molecule has 0 saturated heterocycles. The molecule has 0 atom stereocenters. The summed E-state index contributed by atoms with van der Waals surface area (Å²) in [6.45, 7) is 0. The number of hydrogen-bond donors (Lipinski definition) is 0. The van der Waals surface area contributed by atoms with Crippen LogP contribution in [0.1, 0.15) is 0 Å². The molecule has 2 heterocycles. The molecular weight excluding hydrogens is 609 g/mol. The number of rotatable bonds is 6. The molecule has 50 heavy (non-hydrogen) atoms. The smallest absolute Gasteiger partial charge is 0.164 e. The molecule has 0 amide bonds. The number of hydrogen-bond acceptors (Lipinski definition) is 4. The molecule has 0 saturated carbocycles. The average molecular weight is 639 g/mol. The van der Waals surface area contributed by atoms with Gasteiger partial charge in [0.05, 0.1) is 0 Å². The highest BCUT2D eigenvalue weighted by atomic mass is 15.0. The molecule has 2 aromatic heterocycles. The Balaban J connectivity index is 1.26. The van der Waals surface area contributed by atoms with Gasteiger partial charge in [-0.05, 0) is 91.3 Å². The molecule has 4 heteroatoms. The normalized spacial score (nSPS) is 11.2. The molecule has 7 aromatic carbocycles. The molecule has 0 unspecified atom stereocenters. The molecule has 0 aliphatic heterocycles.